The Balaban J connectivity index is 1.64. The van der Waals surface area contributed by atoms with Gasteiger partial charge in [-0.2, -0.15) is 5.26 Å². The summed E-state index contributed by atoms with van der Waals surface area (Å²) in [5, 5.41) is 23.3. The number of fused-ring (bicyclic) bond motifs is 1. The van der Waals surface area contributed by atoms with Crippen LogP contribution < -0.4 is 9.47 Å². The third-order valence-corrected chi connectivity index (χ3v) is 5.58. The van der Waals surface area contributed by atoms with Gasteiger partial charge in [0.05, 0.1) is 28.7 Å². The van der Waals surface area contributed by atoms with E-state index in [0.717, 1.165) is 16.3 Å². The molecule has 4 rings (SSSR count). The highest BCUT2D eigenvalue weighted by molar-refractivity contribution is 6.32. The molecule has 34 heavy (non-hydrogen) atoms. The zero-order valence-corrected chi connectivity index (χ0v) is 19.0. The fraction of sp³-hybridized carbons (Fsp3) is 0.0741. The second kappa shape index (κ2) is 10.1. The number of non-ortho nitro benzene ring substituents is 1. The SMILES string of the molecule is COc1cc(/C=C(/C#N)c2cccc([N+](=O)[O-])c2)cc(Cl)c1OCc1cccc2ccccc12. The van der Waals surface area contributed by atoms with E-state index in [9.17, 15) is 15.4 Å². The number of nitro benzene ring substituents is 1. The Morgan fingerprint density at radius 1 is 1.09 bits per heavy atom. The highest BCUT2D eigenvalue weighted by atomic mass is 35.5. The molecule has 0 atom stereocenters. The molecule has 0 aromatic heterocycles. The van der Waals surface area contributed by atoms with Gasteiger partial charge in [-0.15, -0.1) is 0 Å². The summed E-state index contributed by atoms with van der Waals surface area (Å²) in [5.41, 5.74) is 2.21. The van der Waals surface area contributed by atoms with E-state index in [4.69, 9.17) is 21.1 Å². The maximum atomic E-state index is 11.1. The van der Waals surface area contributed by atoms with Crippen molar-refractivity contribution in [2.24, 2.45) is 0 Å². The van der Waals surface area contributed by atoms with Gasteiger partial charge in [0.25, 0.3) is 5.69 Å². The molecule has 0 spiro atoms. The number of nitrogens with zero attached hydrogens (tertiary/aromatic N) is 2. The zero-order chi connectivity index (χ0) is 24.1. The van der Waals surface area contributed by atoms with Crippen LogP contribution >= 0.6 is 11.6 Å². The second-order valence-corrected chi connectivity index (χ2v) is 7.85. The van der Waals surface area contributed by atoms with Crippen molar-refractivity contribution in [2.75, 3.05) is 7.11 Å². The fourth-order valence-electron chi connectivity index (χ4n) is 3.67. The van der Waals surface area contributed by atoms with E-state index in [0.29, 0.717) is 34.3 Å². The van der Waals surface area contributed by atoms with E-state index in [1.807, 2.05) is 42.5 Å². The normalized spacial score (nSPS) is 11.1. The van der Waals surface area contributed by atoms with Gasteiger partial charge in [0.15, 0.2) is 11.5 Å². The molecule has 0 bridgehead atoms. The molecule has 6 nitrogen and oxygen atoms in total. The van der Waals surface area contributed by atoms with Crippen LogP contribution in [-0.4, -0.2) is 12.0 Å². The Morgan fingerprint density at radius 3 is 2.62 bits per heavy atom. The van der Waals surface area contributed by atoms with Crippen LogP contribution in [0.25, 0.3) is 22.4 Å². The molecule has 0 saturated heterocycles. The molecule has 4 aromatic carbocycles. The van der Waals surface area contributed by atoms with Crippen molar-refractivity contribution in [1.82, 2.24) is 0 Å². The first-order chi connectivity index (χ1) is 16.5. The molecule has 0 unspecified atom stereocenters. The van der Waals surface area contributed by atoms with Crippen molar-refractivity contribution < 1.29 is 14.4 Å². The maximum Gasteiger partial charge on any atom is 0.270 e. The third kappa shape index (κ3) is 4.85. The highest BCUT2D eigenvalue weighted by Gasteiger charge is 2.14. The summed E-state index contributed by atoms with van der Waals surface area (Å²) >= 11 is 6.53. The van der Waals surface area contributed by atoms with Gasteiger partial charge in [0.1, 0.15) is 6.61 Å². The average Bonchev–Trinajstić information content (AvgIpc) is 2.86. The Morgan fingerprint density at radius 2 is 1.85 bits per heavy atom. The number of halogens is 1. The van der Waals surface area contributed by atoms with Gasteiger partial charge in [0, 0.05) is 12.1 Å². The van der Waals surface area contributed by atoms with E-state index in [-0.39, 0.29) is 11.3 Å². The molecule has 0 aliphatic rings. The lowest BCUT2D eigenvalue weighted by molar-refractivity contribution is -0.384. The predicted octanol–water partition coefficient (Wildman–Crippen LogP) is 7.05. The average molecular weight is 471 g/mol. The largest absolute Gasteiger partial charge is 0.493 e. The Labute approximate surface area is 201 Å². The predicted molar refractivity (Wildman–Crippen MR) is 133 cm³/mol. The Kier molecular flexibility index (Phi) is 6.77. The minimum atomic E-state index is -0.500. The molecule has 0 fully saturated rings. The molecule has 0 amide bonds. The standard InChI is InChI=1S/C27H19ClN2O4/c1-33-26-14-18(12-22(16-29)20-8-5-10-23(15-20)30(31)32)13-25(28)27(26)34-17-21-9-4-7-19-6-2-3-11-24(19)21/h2-15H,17H2,1H3/b22-12-. The number of ether oxygens (including phenoxy) is 2. The van der Waals surface area contributed by atoms with Crippen LogP contribution in [0.2, 0.25) is 5.02 Å². The molecule has 0 aliphatic heterocycles. The number of nitro groups is 1. The minimum absolute atomic E-state index is 0.0913. The van der Waals surface area contributed by atoms with E-state index in [1.54, 1.807) is 24.3 Å². The molecular weight excluding hydrogens is 452 g/mol. The lowest BCUT2D eigenvalue weighted by atomic mass is 10.0. The number of hydrogen-bond acceptors (Lipinski definition) is 5. The number of rotatable bonds is 7. The van der Waals surface area contributed by atoms with Crippen molar-refractivity contribution in [3.05, 3.63) is 111 Å². The van der Waals surface area contributed by atoms with Crippen molar-refractivity contribution in [3.63, 3.8) is 0 Å². The van der Waals surface area contributed by atoms with Crippen LogP contribution in [0.5, 0.6) is 11.5 Å². The van der Waals surface area contributed by atoms with Gasteiger partial charge in [0.2, 0.25) is 0 Å². The Hall–Kier alpha value is -4.34. The molecule has 0 saturated carbocycles. The molecule has 4 aromatic rings. The van der Waals surface area contributed by atoms with Gasteiger partial charge in [-0.25, -0.2) is 0 Å². The Bertz CT molecular complexity index is 1450. The van der Waals surface area contributed by atoms with Crippen LogP contribution in [0.1, 0.15) is 16.7 Å². The molecule has 0 radical (unpaired) electrons. The highest BCUT2D eigenvalue weighted by Crippen LogP contribution is 2.38. The van der Waals surface area contributed by atoms with Crippen molar-refractivity contribution >= 4 is 39.7 Å². The molecule has 7 heteroatoms. The van der Waals surface area contributed by atoms with E-state index < -0.39 is 4.92 Å². The summed E-state index contributed by atoms with van der Waals surface area (Å²) in [5.74, 6) is 0.804. The number of allylic oxidation sites excluding steroid dienone is 1. The minimum Gasteiger partial charge on any atom is -0.493 e. The third-order valence-electron chi connectivity index (χ3n) is 5.30. The van der Waals surface area contributed by atoms with Gasteiger partial charge in [-0.05, 0) is 45.7 Å². The van der Waals surface area contributed by atoms with Crippen molar-refractivity contribution in [2.45, 2.75) is 6.61 Å². The van der Waals surface area contributed by atoms with Crippen LogP contribution in [0, 0.1) is 21.4 Å². The lowest BCUT2D eigenvalue weighted by Crippen LogP contribution is -2.00. The summed E-state index contributed by atoms with van der Waals surface area (Å²) in [6, 6.07) is 25.4. The number of benzene rings is 4. The summed E-state index contributed by atoms with van der Waals surface area (Å²) in [7, 11) is 1.51. The summed E-state index contributed by atoms with van der Waals surface area (Å²) in [6.45, 7) is 0.295. The molecule has 168 valence electrons. The van der Waals surface area contributed by atoms with Gasteiger partial charge in [-0.1, -0.05) is 66.2 Å². The van der Waals surface area contributed by atoms with Gasteiger partial charge in [-0.3, -0.25) is 10.1 Å². The number of hydrogen-bond donors (Lipinski definition) is 0. The van der Waals surface area contributed by atoms with E-state index >= 15 is 0 Å². The van der Waals surface area contributed by atoms with Crippen molar-refractivity contribution in [3.8, 4) is 17.6 Å². The number of nitriles is 1. The maximum absolute atomic E-state index is 11.1. The van der Waals surface area contributed by atoms with Crippen LogP contribution in [0.15, 0.2) is 78.9 Å². The van der Waals surface area contributed by atoms with Gasteiger partial charge < -0.3 is 9.47 Å². The lowest BCUT2D eigenvalue weighted by Gasteiger charge is -2.14. The van der Waals surface area contributed by atoms with Crippen molar-refractivity contribution in [1.29, 1.82) is 5.26 Å². The summed E-state index contributed by atoms with van der Waals surface area (Å²) in [6.07, 6.45) is 1.60. The molecule has 0 N–H and O–H groups in total. The monoisotopic (exact) mass is 470 g/mol. The molecule has 0 aliphatic carbocycles. The second-order valence-electron chi connectivity index (χ2n) is 7.44. The van der Waals surface area contributed by atoms with Crippen LogP contribution in [0.4, 0.5) is 5.69 Å². The summed E-state index contributed by atoms with van der Waals surface area (Å²) < 4.78 is 11.6. The number of methoxy groups -OCH3 is 1. The zero-order valence-electron chi connectivity index (χ0n) is 18.2. The smallest absolute Gasteiger partial charge is 0.270 e. The van der Waals surface area contributed by atoms with E-state index in [1.165, 1.54) is 25.3 Å². The van der Waals surface area contributed by atoms with Crippen LogP contribution in [-0.2, 0) is 6.61 Å². The fourth-order valence-corrected chi connectivity index (χ4v) is 3.94. The topological polar surface area (TPSA) is 85.4 Å². The molecular formula is C27H19ClN2O4. The molecule has 0 heterocycles. The first-order valence-electron chi connectivity index (χ1n) is 10.3. The summed E-state index contributed by atoms with van der Waals surface area (Å²) in [4.78, 5) is 10.6. The first kappa shape index (κ1) is 22.8. The quantitative estimate of drug-likeness (QED) is 0.125. The van der Waals surface area contributed by atoms with Crippen LogP contribution in [0.3, 0.4) is 0 Å². The van der Waals surface area contributed by atoms with Gasteiger partial charge >= 0.3 is 0 Å². The first-order valence-corrected chi connectivity index (χ1v) is 10.7. The van der Waals surface area contributed by atoms with E-state index in [2.05, 4.69) is 6.07 Å².